The third-order valence-corrected chi connectivity index (χ3v) is 15.0. The van der Waals surface area contributed by atoms with E-state index < -0.39 is 0 Å². The standard InChI is InChI=1S/C58H46N4.C11H10/c1-4-37(2)46-31-29-40-19-11-12-25-48(40)55(46)50-36-51-49-26-13-14-27-53(49)62(54(51)33-38(50)3)52-28-16-23-43-35-45(30-32-47(43)52)58-60-56(41-20-9-6-10-21-41)59-57(61-58)44-24-15-22-42(34-44)39-17-7-5-8-18-39;1-9-6-7-10-4-2-3-5-11(10)8-9/h5-35,37,50H,4,36H2,1-3H3;2-8H,1H3. The lowest BCUT2D eigenvalue weighted by atomic mass is 9.75. The van der Waals surface area contributed by atoms with Gasteiger partial charge in [-0.15, -0.1) is 0 Å². The monoisotopic (exact) mass is 940 g/mol. The summed E-state index contributed by atoms with van der Waals surface area (Å²) in [5.41, 5.74) is 15.9. The topological polar surface area (TPSA) is 43.6 Å². The molecule has 0 N–H and O–H groups in total. The van der Waals surface area contributed by atoms with Crippen LogP contribution in [0.5, 0.6) is 0 Å². The fourth-order valence-corrected chi connectivity index (χ4v) is 11.0. The first kappa shape index (κ1) is 45.4. The van der Waals surface area contributed by atoms with E-state index in [2.05, 4.69) is 239 Å². The van der Waals surface area contributed by atoms with Gasteiger partial charge < -0.3 is 4.57 Å². The van der Waals surface area contributed by atoms with Crippen LogP contribution in [0.4, 0.5) is 0 Å². The molecular weight excluding hydrogens is 885 g/mol. The predicted octanol–water partition coefficient (Wildman–Crippen LogP) is 18.2. The molecule has 0 fully saturated rings. The van der Waals surface area contributed by atoms with Crippen molar-refractivity contribution in [3.8, 4) is 51.0 Å². The molecule has 2 aromatic heterocycles. The highest BCUT2D eigenvalue weighted by Crippen LogP contribution is 2.46. The number of fused-ring (bicyclic) bond motifs is 6. The lowest BCUT2D eigenvalue weighted by Gasteiger charge is -2.29. The molecule has 2 atom stereocenters. The maximum atomic E-state index is 5.16. The van der Waals surface area contributed by atoms with Crippen molar-refractivity contribution in [1.82, 2.24) is 19.5 Å². The van der Waals surface area contributed by atoms with Gasteiger partial charge in [0.15, 0.2) is 17.5 Å². The molecule has 10 aromatic carbocycles. The maximum Gasteiger partial charge on any atom is 0.164 e. The van der Waals surface area contributed by atoms with Gasteiger partial charge in [-0.2, -0.15) is 0 Å². The van der Waals surface area contributed by atoms with E-state index in [1.165, 1.54) is 77.0 Å². The van der Waals surface area contributed by atoms with E-state index in [-0.39, 0.29) is 0 Å². The van der Waals surface area contributed by atoms with Gasteiger partial charge in [0.2, 0.25) is 0 Å². The molecule has 0 radical (unpaired) electrons. The number of benzene rings is 10. The van der Waals surface area contributed by atoms with Crippen molar-refractivity contribution in [2.24, 2.45) is 0 Å². The van der Waals surface area contributed by atoms with Crippen LogP contribution in [0.25, 0.3) is 100 Å². The number of aromatic nitrogens is 4. The normalized spacial score (nSPS) is 13.6. The van der Waals surface area contributed by atoms with Gasteiger partial charge in [-0.3, -0.25) is 0 Å². The van der Waals surface area contributed by atoms with E-state index in [9.17, 15) is 0 Å². The van der Waals surface area contributed by atoms with E-state index in [0.29, 0.717) is 29.3 Å². The SMILES string of the molecule is CCC(C)c1ccc2ccccc2c1C1Cc2c(n(-c3cccc4cc(-c5nc(-c6ccccc6)nc(-c6cccc(-c7ccccc7)c6)n5)ccc34)c3ccccc23)C=C1C.Cc1ccc2ccccc2c1. The smallest absolute Gasteiger partial charge is 0.164 e. The second-order valence-corrected chi connectivity index (χ2v) is 19.6. The van der Waals surface area contributed by atoms with Crippen LogP contribution >= 0.6 is 0 Å². The Labute approximate surface area is 428 Å². The van der Waals surface area contributed by atoms with Crippen molar-refractivity contribution in [2.75, 3.05) is 0 Å². The van der Waals surface area contributed by atoms with Crippen LogP contribution in [0.2, 0.25) is 0 Å². The fraction of sp³-hybridized carbons (Fsp3) is 0.116. The minimum absolute atomic E-state index is 0.291. The van der Waals surface area contributed by atoms with Gasteiger partial charge in [0, 0.05) is 33.4 Å². The highest BCUT2D eigenvalue weighted by Gasteiger charge is 2.30. The third kappa shape index (κ3) is 8.70. The molecule has 2 unspecified atom stereocenters. The summed E-state index contributed by atoms with van der Waals surface area (Å²) in [6, 6.07) is 80.0. The van der Waals surface area contributed by atoms with Crippen molar-refractivity contribution < 1.29 is 0 Å². The lowest BCUT2D eigenvalue weighted by molar-refractivity contribution is 0.699. The van der Waals surface area contributed by atoms with Crippen molar-refractivity contribution >= 4 is 49.3 Å². The minimum atomic E-state index is 0.291. The van der Waals surface area contributed by atoms with Gasteiger partial charge in [0.1, 0.15) is 0 Å². The molecule has 13 rings (SSSR count). The summed E-state index contributed by atoms with van der Waals surface area (Å²) in [4.78, 5) is 15.3. The number of nitrogens with zero attached hydrogens (tertiary/aromatic N) is 4. The second-order valence-electron chi connectivity index (χ2n) is 19.6. The maximum absolute atomic E-state index is 5.16. The number of hydrogen-bond acceptors (Lipinski definition) is 3. The predicted molar refractivity (Wildman–Crippen MR) is 307 cm³/mol. The third-order valence-electron chi connectivity index (χ3n) is 15.0. The Kier molecular flexibility index (Phi) is 12.1. The molecule has 0 spiro atoms. The Hall–Kier alpha value is -8.73. The summed E-state index contributed by atoms with van der Waals surface area (Å²) in [6.07, 6.45) is 4.54. The molecule has 4 heteroatoms. The van der Waals surface area contributed by atoms with Crippen LogP contribution in [0.15, 0.2) is 230 Å². The number of para-hydroxylation sites is 1. The minimum Gasteiger partial charge on any atom is -0.309 e. The summed E-state index contributed by atoms with van der Waals surface area (Å²) in [6.45, 7) is 9.15. The summed E-state index contributed by atoms with van der Waals surface area (Å²) in [5.74, 6) is 2.70. The highest BCUT2D eigenvalue weighted by atomic mass is 15.0. The molecule has 0 saturated carbocycles. The zero-order chi connectivity index (χ0) is 49.4. The summed E-state index contributed by atoms with van der Waals surface area (Å²) in [5, 5.41) is 8.95. The van der Waals surface area contributed by atoms with Crippen molar-refractivity contribution in [3.63, 3.8) is 0 Å². The zero-order valence-electron chi connectivity index (χ0n) is 41.8. The van der Waals surface area contributed by atoms with E-state index in [0.717, 1.165) is 46.0 Å². The van der Waals surface area contributed by atoms with Gasteiger partial charge in [-0.1, -0.05) is 225 Å². The van der Waals surface area contributed by atoms with Crippen LogP contribution in [-0.2, 0) is 6.42 Å². The fourth-order valence-electron chi connectivity index (χ4n) is 11.0. The van der Waals surface area contributed by atoms with Crippen LogP contribution in [0, 0.1) is 6.92 Å². The Morgan fingerprint density at radius 2 is 1.05 bits per heavy atom. The van der Waals surface area contributed by atoms with Gasteiger partial charge >= 0.3 is 0 Å². The molecule has 12 aromatic rings. The molecule has 73 heavy (non-hydrogen) atoms. The number of allylic oxidation sites excluding steroid dienone is 1. The Morgan fingerprint density at radius 3 is 1.82 bits per heavy atom. The van der Waals surface area contributed by atoms with Gasteiger partial charge in [-0.05, 0) is 118 Å². The number of hydrogen-bond donors (Lipinski definition) is 0. The first-order chi connectivity index (χ1) is 35.9. The molecule has 0 aliphatic heterocycles. The molecule has 1 aliphatic carbocycles. The largest absolute Gasteiger partial charge is 0.309 e. The molecule has 4 nitrogen and oxygen atoms in total. The Bertz CT molecular complexity index is 4030. The number of aryl methyl sites for hydroxylation is 1. The zero-order valence-corrected chi connectivity index (χ0v) is 41.8. The first-order valence-corrected chi connectivity index (χ1v) is 25.7. The van der Waals surface area contributed by atoms with Gasteiger partial charge in [0.05, 0.1) is 16.9 Å². The molecular formula is C69H56N4. The molecule has 0 bridgehead atoms. The summed E-state index contributed by atoms with van der Waals surface area (Å²) in [7, 11) is 0. The van der Waals surface area contributed by atoms with Crippen LogP contribution in [0.3, 0.4) is 0 Å². The summed E-state index contributed by atoms with van der Waals surface area (Å²) >= 11 is 0. The quantitative estimate of drug-likeness (QED) is 0.152. The molecule has 1 aliphatic rings. The average molecular weight is 941 g/mol. The van der Waals surface area contributed by atoms with Crippen LogP contribution in [-0.4, -0.2) is 19.5 Å². The molecule has 2 heterocycles. The molecule has 0 amide bonds. The Balaban J connectivity index is 0.000000435. The van der Waals surface area contributed by atoms with E-state index in [1.807, 2.05) is 24.3 Å². The summed E-state index contributed by atoms with van der Waals surface area (Å²) < 4.78 is 2.50. The first-order valence-electron chi connectivity index (χ1n) is 25.7. The second kappa shape index (κ2) is 19.5. The van der Waals surface area contributed by atoms with E-state index >= 15 is 0 Å². The molecule has 352 valence electrons. The van der Waals surface area contributed by atoms with Crippen LogP contribution in [0.1, 0.15) is 67.0 Å². The molecule has 0 saturated heterocycles. The van der Waals surface area contributed by atoms with Crippen LogP contribution < -0.4 is 0 Å². The average Bonchev–Trinajstić information content (AvgIpc) is 3.77. The van der Waals surface area contributed by atoms with E-state index in [1.54, 1.807) is 0 Å². The highest BCUT2D eigenvalue weighted by molar-refractivity contribution is 5.99. The Morgan fingerprint density at radius 1 is 0.466 bits per heavy atom. The van der Waals surface area contributed by atoms with E-state index in [4.69, 9.17) is 15.0 Å². The van der Waals surface area contributed by atoms with Gasteiger partial charge in [-0.25, -0.2) is 15.0 Å². The number of rotatable bonds is 8. The van der Waals surface area contributed by atoms with Crippen molar-refractivity contribution in [3.05, 3.63) is 258 Å². The van der Waals surface area contributed by atoms with Crippen molar-refractivity contribution in [1.29, 1.82) is 0 Å². The lowest BCUT2D eigenvalue weighted by Crippen LogP contribution is -2.14. The van der Waals surface area contributed by atoms with Crippen molar-refractivity contribution in [2.45, 2.75) is 52.4 Å². The van der Waals surface area contributed by atoms with Gasteiger partial charge in [0.25, 0.3) is 0 Å².